The van der Waals surface area contributed by atoms with Crippen LogP contribution in [0.4, 0.5) is 27.6 Å². The first-order chi connectivity index (χ1) is 14.4. The van der Waals surface area contributed by atoms with Gasteiger partial charge in [-0.3, -0.25) is 9.59 Å². The van der Waals surface area contributed by atoms with E-state index in [-0.39, 0.29) is 27.5 Å². The van der Waals surface area contributed by atoms with E-state index in [9.17, 15) is 31.5 Å². The van der Waals surface area contributed by atoms with Gasteiger partial charge in [-0.2, -0.15) is 27.1 Å². The van der Waals surface area contributed by atoms with Crippen molar-refractivity contribution in [3.8, 4) is 5.69 Å². The number of amides is 2. The molecule has 1 aliphatic rings. The third-order valence-electron chi connectivity index (χ3n) is 4.85. The van der Waals surface area contributed by atoms with Crippen LogP contribution in [-0.4, -0.2) is 27.8 Å². The summed E-state index contributed by atoms with van der Waals surface area (Å²) in [6, 6.07) is 8.62. The fraction of sp³-hybridized carbons (Fsp3) is 0.150. The number of aromatic nitrogens is 2. The Morgan fingerprint density at radius 1 is 1.00 bits per heavy atom. The molecule has 0 atom stereocenters. The second-order valence-electron chi connectivity index (χ2n) is 6.82. The number of hydrogen-bond acceptors (Lipinski definition) is 3. The normalized spacial score (nSPS) is 14.4. The van der Waals surface area contributed by atoms with Crippen molar-refractivity contribution < 1.29 is 31.5 Å². The first-order valence-electron chi connectivity index (χ1n) is 8.71. The van der Waals surface area contributed by atoms with Crippen molar-refractivity contribution >= 4 is 29.1 Å². The Balaban J connectivity index is 1.69. The number of alkyl halides is 5. The van der Waals surface area contributed by atoms with Gasteiger partial charge in [-0.1, -0.05) is 17.7 Å². The SMILES string of the molecule is Cc1cc(-n2cc(C(F)(F)C(F)(F)F)cn2)ccc1N1C(=O)c2cccc(Cl)c2C1=O. The number of carbonyl (C=O) groups excluding carboxylic acids is 2. The lowest BCUT2D eigenvalue weighted by Gasteiger charge is -2.18. The molecule has 0 N–H and O–H groups in total. The third-order valence-corrected chi connectivity index (χ3v) is 5.17. The number of benzene rings is 2. The third kappa shape index (κ3) is 3.18. The summed E-state index contributed by atoms with van der Waals surface area (Å²) in [5, 5.41) is 3.71. The quantitative estimate of drug-likeness (QED) is 0.398. The minimum Gasteiger partial charge on any atom is -0.268 e. The molecule has 0 unspecified atom stereocenters. The molecule has 1 aromatic heterocycles. The van der Waals surface area contributed by atoms with E-state index in [0.29, 0.717) is 18.0 Å². The van der Waals surface area contributed by atoms with Gasteiger partial charge < -0.3 is 0 Å². The fourth-order valence-electron chi connectivity index (χ4n) is 3.29. The van der Waals surface area contributed by atoms with E-state index in [1.165, 1.54) is 36.4 Å². The zero-order valence-corrected chi connectivity index (χ0v) is 16.3. The molecular weight excluding hydrogens is 445 g/mol. The molecule has 0 saturated carbocycles. The predicted octanol–water partition coefficient (Wildman–Crippen LogP) is 5.29. The molecule has 0 aliphatic carbocycles. The van der Waals surface area contributed by atoms with Crippen LogP contribution in [-0.2, 0) is 5.92 Å². The smallest absolute Gasteiger partial charge is 0.268 e. The second-order valence-corrected chi connectivity index (χ2v) is 7.23. The highest BCUT2D eigenvalue weighted by molar-refractivity contribution is 6.42. The molecule has 11 heteroatoms. The first-order valence-corrected chi connectivity index (χ1v) is 9.09. The van der Waals surface area contributed by atoms with E-state index in [0.717, 1.165) is 9.58 Å². The highest BCUT2D eigenvalue weighted by atomic mass is 35.5. The van der Waals surface area contributed by atoms with Crippen molar-refractivity contribution in [2.24, 2.45) is 0 Å². The number of nitrogens with zero attached hydrogens (tertiary/aromatic N) is 3. The summed E-state index contributed by atoms with van der Waals surface area (Å²) in [4.78, 5) is 26.4. The average molecular weight is 456 g/mol. The number of halogens is 6. The van der Waals surface area contributed by atoms with E-state index in [4.69, 9.17) is 11.6 Å². The second kappa shape index (κ2) is 6.88. The van der Waals surface area contributed by atoms with Crippen molar-refractivity contribution in [2.75, 3.05) is 4.90 Å². The number of anilines is 1. The molecule has 31 heavy (non-hydrogen) atoms. The Morgan fingerprint density at radius 3 is 2.32 bits per heavy atom. The monoisotopic (exact) mass is 455 g/mol. The lowest BCUT2D eigenvalue weighted by molar-refractivity contribution is -0.289. The van der Waals surface area contributed by atoms with Crippen LogP contribution < -0.4 is 4.90 Å². The molecule has 1 aliphatic heterocycles. The van der Waals surface area contributed by atoms with Crippen molar-refractivity contribution in [2.45, 2.75) is 19.0 Å². The first kappa shape index (κ1) is 21.0. The number of fused-ring (bicyclic) bond motifs is 1. The van der Waals surface area contributed by atoms with Gasteiger partial charge in [-0.25, -0.2) is 9.58 Å². The molecule has 2 heterocycles. The summed E-state index contributed by atoms with van der Waals surface area (Å²) in [6.07, 6.45) is -4.75. The molecule has 160 valence electrons. The maximum absolute atomic E-state index is 13.5. The number of hydrogen-bond donors (Lipinski definition) is 0. The molecule has 2 aromatic carbocycles. The van der Waals surface area contributed by atoms with Gasteiger partial charge in [0.25, 0.3) is 11.8 Å². The summed E-state index contributed by atoms with van der Waals surface area (Å²) in [7, 11) is 0. The zero-order valence-electron chi connectivity index (χ0n) is 15.5. The molecule has 0 radical (unpaired) electrons. The van der Waals surface area contributed by atoms with Crippen LogP contribution in [0.5, 0.6) is 0 Å². The van der Waals surface area contributed by atoms with Gasteiger partial charge in [0.1, 0.15) is 0 Å². The van der Waals surface area contributed by atoms with Gasteiger partial charge >= 0.3 is 12.1 Å². The maximum atomic E-state index is 13.5. The Labute approximate surface area is 176 Å². The molecular formula is C20H11ClF5N3O2. The molecule has 3 aromatic rings. The maximum Gasteiger partial charge on any atom is 0.458 e. The molecule has 5 nitrogen and oxygen atoms in total. The predicted molar refractivity (Wildman–Crippen MR) is 101 cm³/mol. The summed E-state index contributed by atoms with van der Waals surface area (Å²) in [6.45, 7) is 1.55. The lowest BCUT2D eigenvalue weighted by atomic mass is 10.1. The van der Waals surface area contributed by atoms with Crippen LogP contribution >= 0.6 is 11.6 Å². The van der Waals surface area contributed by atoms with Gasteiger partial charge in [-0.15, -0.1) is 0 Å². The van der Waals surface area contributed by atoms with Gasteiger partial charge in [0.15, 0.2) is 0 Å². The highest BCUT2D eigenvalue weighted by Crippen LogP contribution is 2.44. The number of aryl methyl sites for hydroxylation is 1. The average Bonchev–Trinajstić information content (AvgIpc) is 3.27. The van der Waals surface area contributed by atoms with E-state index < -0.39 is 29.5 Å². The zero-order chi connectivity index (χ0) is 22.7. The summed E-state index contributed by atoms with van der Waals surface area (Å²) >= 11 is 6.05. The number of rotatable bonds is 3. The molecule has 0 bridgehead atoms. The van der Waals surface area contributed by atoms with Crippen LogP contribution in [0, 0.1) is 6.92 Å². The Morgan fingerprint density at radius 2 is 1.71 bits per heavy atom. The molecule has 4 rings (SSSR count). The van der Waals surface area contributed by atoms with Crippen LogP contribution in [0.3, 0.4) is 0 Å². The van der Waals surface area contributed by atoms with Crippen molar-refractivity contribution in [3.63, 3.8) is 0 Å². The highest BCUT2D eigenvalue weighted by Gasteiger charge is 2.59. The fourth-order valence-corrected chi connectivity index (χ4v) is 3.54. The largest absolute Gasteiger partial charge is 0.458 e. The van der Waals surface area contributed by atoms with Gasteiger partial charge in [0.05, 0.1) is 39.3 Å². The number of carbonyl (C=O) groups is 2. The number of imide groups is 1. The van der Waals surface area contributed by atoms with Gasteiger partial charge in [0.2, 0.25) is 0 Å². The molecule has 0 saturated heterocycles. The standard InChI is InChI=1S/C20H11ClF5N3O2/c1-10-7-12(28-9-11(8-27-28)19(22,23)20(24,25)26)5-6-15(10)29-17(30)13-3-2-4-14(21)16(13)18(29)31/h2-9H,1H3. The summed E-state index contributed by atoms with van der Waals surface area (Å²) in [5.74, 6) is -6.25. The minimum atomic E-state index is -5.76. The van der Waals surface area contributed by atoms with E-state index in [1.54, 1.807) is 6.92 Å². The van der Waals surface area contributed by atoms with E-state index in [1.807, 2.05) is 0 Å². The van der Waals surface area contributed by atoms with Crippen molar-refractivity contribution in [1.82, 2.24) is 9.78 Å². The van der Waals surface area contributed by atoms with Crippen molar-refractivity contribution in [3.05, 3.63) is 76.1 Å². The molecule has 2 amide bonds. The van der Waals surface area contributed by atoms with Crippen LogP contribution in [0.25, 0.3) is 5.69 Å². The Bertz CT molecular complexity index is 1240. The Hall–Kier alpha value is -3.27. The molecule has 0 fully saturated rings. The van der Waals surface area contributed by atoms with Crippen molar-refractivity contribution in [1.29, 1.82) is 0 Å². The van der Waals surface area contributed by atoms with Crippen LogP contribution in [0.1, 0.15) is 31.8 Å². The van der Waals surface area contributed by atoms with Gasteiger partial charge in [0, 0.05) is 6.20 Å². The van der Waals surface area contributed by atoms with E-state index in [2.05, 4.69) is 5.10 Å². The van der Waals surface area contributed by atoms with E-state index >= 15 is 0 Å². The lowest BCUT2D eigenvalue weighted by Crippen LogP contribution is -2.33. The summed E-state index contributed by atoms with van der Waals surface area (Å²) in [5.41, 5.74) is -0.311. The topological polar surface area (TPSA) is 55.2 Å². The summed E-state index contributed by atoms with van der Waals surface area (Å²) < 4.78 is 65.6. The van der Waals surface area contributed by atoms with Crippen LogP contribution in [0.2, 0.25) is 5.02 Å². The minimum absolute atomic E-state index is 0.0729. The Kier molecular flexibility index (Phi) is 4.65. The molecule has 0 spiro atoms. The van der Waals surface area contributed by atoms with Crippen LogP contribution in [0.15, 0.2) is 48.8 Å². The van der Waals surface area contributed by atoms with Gasteiger partial charge in [-0.05, 0) is 42.8 Å².